The Morgan fingerprint density at radius 2 is 2.42 bits per heavy atom. The van der Waals surface area contributed by atoms with Crippen molar-refractivity contribution in [1.82, 2.24) is 15.3 Å². The number of rotatable bonds is 1. The predicted molar refractivity (Wildman–Crippen MR) is 48.2 cm³/mol. The molecule has 4 nitrogen and oxygen atoms in total. The van der Waals surface area contributed by atoms with Crippen molar-refractivity contribution >= 4 is 6.21 Å². The van der Waals surface area contributed by atoms with Crippen LogP contribution in [0.3, 0.4) is 0 Å². The fraction of sp³-hybridized carbons (Fsp3) is 0.375. The minimum Gasteiger partial charge on any atom is -0.373 e. The third kappa shape index (κ3) is 0.921. The molecule has 12 heavy (non-hydrogen) atoms. The molecule has 0 aliphatic carbocycles. The Bertz CT molecular complexity index is 277. The number of nitrogens with zero attached hydrogens (tertiary/aromatic N) is 3. The van der Waals surface area contributed by atoms with Crippen molar-refractivity contribution in [2.75, 3.05) is 20.6 Å². The molecule has 4 heteroatoms. The van der Waals surface area contributed by atoms with Gasteiger partial charge in [-0.3, -0.25) is 0 Å². The largest absolute Gasteiger partial charge is 0.373 e. The van der Waals surface area contributed by atoms with E-state index in [9.17, 15) is 0 Å². The molecule has 2 aliphatic rings. The molecule has 0 bridgehead atoms. The van der Waals surface area contributed by atoms with Crippen molar-refractivity contribution in [2.24, 2.45) is 4.99 Å². The normalized spacial score (nSPS) is 22.0. The van der Waals surface area contributed by atoms with Gasteiger partial charge in [0.25, 0.3) is 0 Å². The van der Waals surface area contributed by atoms with Crippen molar-refractivity contribution in [3.63, 3.8) is 0 Å². The standard InChI is InChI=1S/C8H12N4/c1-9-7-3-5-10-8-4-6-11(2)12(7)8/h3-5,9H,6H2,1-2H3. The molecule has 2 rings (SSSR count). The summed E-state index contributed by atoms with van der Waals surface area (Å²) >= 11 is 0. The van der Waals surface area contributed by atoms with Gasteiger partial charge < -0.3 is 5.32 Å². The second-order valence-corrected chi connectivity index (χ2v) is 2.79. The Kier molecular flexibility index (Phi) is 1.62. The molecule has 0 saturated heterocycles. The number of fused-ring (bicyclic) bond motifs is 1. The second-order valence-electron chi connectivity index (χ2n) is 2.79. The molecule has 0 saturated carbocycles. The van der Waals surface area contributed by atoms with E-state index in [1.807, 2.05) is 26.4 Å². The number of nitrogens with one attached hydrogen (secondary N) is 1. The third-order valence-corrected chi connectivity index (χ3v) is 2.02. The zero-order valence-corrected chi connectivity index (χ0v) is 7.28. The van der Waals surface area contributed by atoms with E-state index in [2.05, 4.69) is 26.4 Å². The molecule has 0 spiro atoms. The molecule has 0 aromatic carbocycles. The van der Waals surface area contributed by atoms with Crippen LogP contribution < -0.4 is 5.32 Å². The predicted octanol–water partition coefficient (Wildman–Crippen LogP) is 0.135. The van der Waals surface area contributed by atoms with Gasteiger partial charge >= 0.3 is 0 Å². The van der Waals surface area contributed by atoms with Crippen LogP contribution >= 0.6 is 0 Å². The van der Waals surface area contributed by atoms with Crippen LogP contribution in [0.5, 0.6) is 0 Å². The number of aliphatic imine (C=N–C) groups is 1. The average molecular weight is 164 g/mol. The molecule has 0 fully saturated rings. The van der Waals surface area contributed by atoms with Crippen LogP contribution in [0.2, 0.25) is 0 Å². The topological polar surface area (TPSA) is 30.9 Å². The summed E-state index contributed by atoms with van der Waals surface area (Å²) in [6.45, 7) is 0.922. The highest BCUT2D eigenvalue weighted by atomic mass is 15.7. The van der Waals surface area contributed by atoms with Gasteiger partial charge in [0.1, 0.15) is 11.6 Å². The third-order valence-electron chi connectivity index (χ3n) is 2.02. The minimum atomic E-state index is 0.922. The summed E-state index contributed by atoms with van der Waals surface area (Å²) in [4.78, 5) is 4.24. The molecule has 0 radical (unpaired) electrons. The fourth-order valence-corrected chi connectivity index (χ4v) is 1.42. The number of hydrogen-bond acceptors (Lipinski definition) is 4. The minimum absolute atomic E-state index is 0.922. The lowest BCUT2D eigenvalue weighted by molar-refractivity contribution is 0.101. The zero-order valence-electron chi connectivity index (χ0n) is 7.28. The average Bonchev–Trinajstić information content (AvgIpc) is 2.48. The van der Waals surface area contributed by atoms with Crippen LogP contribution in [-0.2, 0) is 0 Å². The summed E-state index contributed by atoms with van der Waals surface area (Å²) in [6, 6.07) is 0. The first-order chi connectivity index (χ1) is 5.83. The number of likely N-dealkylation sites (N-methyl/N-ethyl adjacent to an activating group) is 1. The number of hydrazine groups is 1. The first-order valence-corrected chi connectivity index (χ1v) is 3.96. The highest BCUT2D eigenvalue weighted by Gasteiger charge is 2.24. The molecule has 2 heterocycles. The highest BCUT2D eigenvalue weighted by Crippen LogP contribution is 2.22. The van der Waals surface area contributed by atoms with E-state index in [4.69, 9.17) is 0 Å². The van der Waals surface area contributed by atoms with Crippen molar-refractivity contribution in [3.05, 3.63) is 23.8 Å². The van der Waals surface area contributed by atoms with Gasteiger partial charge in [0.15, 0.2) is 0 Å². The van der Waals surface area contributed by atoms with Gasteiger partial charge in [0.2, 0.25) is 0 Å². The fourth-order valence-electron chi connectivity index (χ4n) is 1.42. The molecule has 0 amide bonds. The lowest BCUT2D eigenvalue weighted by Crippen LogP contribution is -2.38. The van der Waals surface area contributed by atoms with E-state index in [1.54, 1.807) is 0 Å². The molecular weight excluding hydrogens is 152 g/mol. The van der Waals surface area contributed by atoms with Crippen LogP contribution in [0, 0.1) is 0 Å². The van der Waals surface area contributed by atoms with Crippen molar-refractivity contribution in [2.45, 2.75) is 0 Å². The maximum Gasteiger partial charge on any atom is 0.146 e. The number of hydrogen-bond donors (Lipinski definition) is 1. The quantitative estimate of drug-likeness (QED) is 0.598. The van der Waals surface area contributed by atoms with Gasteiger partial charge in [0.05, 0.1) is 0 Å². The van der Waals surface area contributed by atoms with Gasteiger partial charge in [-0.2, -0.15) is 0 Å². The summed E-state index contributed by atoms with van der Waals surface area (Å²) in [5, 5.41) is 7.28. The summed E-state index contributed by atoms with van der Waals surface area (Å²) in [5.41, 5.74) is 0. The van der Waals surface area contributed by atoms with Gasteiger partial charge in [-0.05, 0) is 12.2 Å². The molecule has 1 N–H and O–H groups in total. The summed E-state index contributed by atoms with van der Waals surface area (Å²) in [6.07, 6.45) is 5.87. The molecular formula is C8H12N4. The van der Waals surface area contributed by atoms with Crippen molar-refractivity contribution in [1.29, 1.82) is 0 Å². The Morgan fingerprint density at radius 1 is 1.58 bits per heavy atom. The molecule has 0 unspecified atom stereocenters. The highest BCUT2D eigenvalue weighted by molar-refractivity contribution is 5.74. The molecule has 2 aliphatic heterocycles. The second kappa shape index (κ2) is 2.64. The Hall–Kier alpha value is -1.29. The summed E-state index contributed by atoms with van der Waals surface area (Å²) in [5.74, 6) is 2.07. The van der Waals surface area contributed by atoms with Crippen LogP contribution in [0.15, 0.2) is 28.8 Å². The smallest absolute Gasteiger partial charge is 0.146 e. The van der Waals surface area contributed by atoms with E-state index in [1.165, 1.54) is 0 Å². The SMILES string of the molecule is CNC1=CC=NC2=CCN(C)N21. The van der Waals surface area contributed by atoms with Crippen molar-refractivity contribution in [3.8, 4) is 0 Å². The Balaban J connectivity index is 2.32. The van der Waals surface area contributed by atoms with Gasteiger partial charge in [-0.15, -0.1) is 0 Å². The van der Waals surface area contributed by atoms with Gasteiger partial charge in [0, 0.05) is 26.9 Å². The molecule has 0 aromatic rings. The van der Waals surface area contributed by atoms with Gasteiger partial charge in [-0.25, -0.2) is 15.0 Å². The lowest BCUT2D eigenvalue weighted by Gasteiger charge is -2.30. The van der Waals surface area contributed by atoms with Crippen LogP contribution in [0.4, 0.5) is 0 Å². The van der Waals surface area contributed by atoms with Crippen LogP contribution in [-0.4, -0.2) is 36.9 Å². The maximum absolute atomic E-state index is 4.24. The molecule has 64 valence electrons. The summed E-state index contributed by atoms with van der Waals surface area (Å²) in [7, 11) is 3.95. The van der Waals surface area contributed by atoms with E-state index >= 15 is 0 Å². The lowest BCUT2D eigenvalue weighted by atomic mass is 10.4. The zero-order chi connectivity index (χ0) is 8.55. The maximum atomic E-state index is 4.24. The summed E-state index contributed by atoms with van der Waals surface area (Å²) < 4.78 is 0. The molecule has 0 aromatic heterocycles. The Morgan fingerprint density at radius 3 is 3.17 bits per heavy atom. The van der Waals surface area contributed by atoms with Gasteiger partial charge in [-0.1, -0.05) is 0 Å². The Labute approximate surface area is 71.8 Å². The molecule has 0 atom stereocenters. The van der Waals surface area contributed by atoms with Crippen LogP contribution in [0.1, 0.15) is 0 Å². The van der Waals surface area contributed by atoms with E-state index in [-0.39, 0.29) is 0 Å². The van der Waals surface area contributed by atoms with Crippen LogP contribution in [0.25, 0.3) is 0 Å². The van der Waals surface area contributed by atoms with E-state index in [0.717, 1.165) is 18.2 Å². The first-order valence-electron chi connectivity index (χ1n) is 3.96. The van der Waals surface area contributed by atoms with E-state index < -0.39 is 0 Å². The van der Waals surface area contributed by atoms with Crippen molar-refractivity contribution < 1.29 is 0 Å². The number of allylic oxidation sites excluding steroid dienone is 1. The monoisotopic (exact) mass is 164 g/mol. The first kappa shape index (κ1) is 7.36. The van der Waals surface area contributed by atoms with E-state index in [0.29, 0.717) is 0 Å².